The first-order chi connectivity index (χ1) is 8.60. The van der Waals surface area contributed by atoms with Gasteiger partial charge in [0.25, 0.3) is 0 Å². The van der Waals surface area contributed by atoms with Crippen molar-refractivity contribution >= 4 is 12.6 Å². The van der Waals surface area contributed by atoms with Crippen molar-refractivity contribution in [3.8, 4) is 0 Å². The Bertz CT molecular complexity index is 442. The molecule has 1 aliphatic rings. The zero-order chi connectivity index (χ0) is 13.1. The molecule has 0 aromatic carbocycles. The van der Waals surface area contributed by atoms with E-state index in [0.29, 0.717) is 5.25 Å². The molecule has 0 saturated heterocycles. The van der Waals surface area contributed by atoms with Gasteiger partial charge >= 0.3 is 0 Å². The lowest BCUT2D eigenvalue weighted by Crippen LogP contribution is -2.29. The van der Waals surface area contributed by atoms with Crippen LogP contribution in [0.15, 0.2) is 24.5 Å². The summed E-state index contributed by atoms with van der Waals surface area (Å²) in [6.45, 7) is 10.3. The van der Waals surface area contributed by atoms with Crippen LogP contribution in [0.2, 0.25) is 0 Å². The summed E-state index contributed by atoms with van der Waals surface area (Å²) >= 11 is 4.57. The Hall–Kier alpha value is -0.960. The lowest BCUT2D eigenvalue weighted by atomic mass is 10.0. The van der Waals surface area contributed by atoms with E-state index in [1.165, 1.54) is 16.8 Å². The van der Waals surface area contributed by atoms with Crippen molar-refractivity contribution in [2.75, 3.05) is 6.54 Å². The first-order valence-electron chi connectivity index (χ1n) is 6.65. The Labute approximate surface area is 116 Å². The minimum Gasteiger partial charge on any atom is -0.371 e. The second kappa shape index (κ2) is 5.79. The highest BCUT2D eigenvalue weighted by Crippen LogP contribution is 2.21. The number of hydrogen-bond donors (Lipinski definition) is 1. The average molecular weight is 262 g/mol. The van der Waals surface area contributed by atoms with E-state index in [2.05, 4.69) is 49.0 Å². The predicted octanol–water partition coefficient (Wildman–Crippen LogP) is 3.22. The van der Waals surface area contributed by atoms with Gasteiger partial charge in [-0.3, -0.25) is 4.98 Å². The molecule has 2 nitrogen and oxygen atoms in total. The van der Waals surface area contributed by atoms with Crippen molar-refractivity contribution in [2.45, 2.75) is 44.9 Å². The molecule has 0 saturated carbocycles. The summed E-state index contributed by atoms with van der Waals surface area (Å²) < 4.78 is 0. The molecule has 18 heavy (non-hydrogen) atoms. The fourth-order valence-corrected chi connectivity index (χ4v) is 2.54. The minimum absolute atomic E-state index is 0.436. The maximum Gasteiger partial charge on any atom is 0.0471 e. The van der Waals surface area contributed by atoms with Gasteiger partial charge in [0.2, 0.25) is 0 Å². The Morgan fingerprint density at radius 1 is 1.61 bits per heavy atom. The standard InChI is InChI=1S/C15H22N2S/c1-4-14(18)8-12-7-13-10-17(11(2)3)6-5-15(13)16-9-12/h7,9,14,18H,2,4-6,8,10H2,1,3H3. The van der Waals surface area contributed by atoms with Gasteiger partial charge in [0, 0.05) is 42.3 Å². The first-order valence-corrected chi connectivity index (χ1v) is 7.17. The van der Waals surface area contributed by atoms with E-state index < -0.39 is 0 Å². The summed E-state index contributed by atoms with van der Waals surface area (Å²) in [6.07, 6.45) is 5.15. The van der Waals surface area contributed by atoms with Gasteiger partial charge < -0.3 is 4.90 Å². The van der Waals surface area contributed by atoms with E-state index >= 15 is 0 Å². The third-order valence-corrected chi connectivity index (χ3v) is 4.13. The molecule has 1 atom stereocenters. The Kier molecular flexibility index (Phi) is 4.33. The topological polar surface area (TPSA) is 16.1 Å². The van der Waals surface area contributed by atoms with E-state index in [-0.39, 0.29) is 0 Å². The second-order valence-corrected chi connectivity index (χ2v) is 5.85. The van der Waals surface area contributed by atoms with Crippen molar-refractivity contribution in [3.63, 3.8) is 0 Å². The molecule has 1 aromatic heterocycles. The van der Waals surface area contributed by atoms with Crippen LogP contribution in [-0.4, -0.2) is 21.7 Å². The molecule has 1 unspecified atom stereocenters. The molecule has 0 spiro atoms. The van der Waals surface area contributed by atoms with Gasteiger partial charge in [-0.05, 0) is 30.9 Å². The molecular formula is C15H22N2S. The number of allylic oxidation sites excluding steroid dienone is 1. The highest BCUT2D eigenvalue weighted by molar-refractivity contribution is 7.80. The SMILES string of the molecule is C=C(C)N1CCc2ncc(CC(S)CC)cc2C1. The predicted molar refractivity (Wildman–Crippen MR) is 79.9 cm³/mol. The molecule has 0 aliphatic carbocycles. The van der Waals surface area contributed by atoms with E-state index in [9.17, 15) is 0 Å². The molecule has 1 aromatic rings. The van der Waals surface area contributed by atoms with Crippen molar-refractivity contribution in [2.24, 2.45) is 0 Å². The van der Waals surface area contributed by atoms with Crippen LogP contribution in [-0.2, 0) is 19.4 Å². The molecule has 0 N–H and O–H groups in total. The lowest BCUT2D eigenvalue weighted by Gasteiger charge is -2.30. The molecule has 3 heteroatoms. The van der Waals surface area contributed by atoms with Gasteiger partial charge in [-0.1, -0.05) is 19.6 Å². The first kappa shape index (κ1) is 13.5. The Morgan fingerprint density at radius 3 is 3.06 bits per heavy atom. The van der Waals surface area contributed by atoms with Gasteiger partial charge in [-0.25, -0.2) is 0 Å². The van der Waals surface area contributed by atoms with Gasteiger partial charge in [-0.2, -0.15) is 12.6 Å². The summed E-state index contributed by atoms with van der Waals surface area (Å²) in [5.74, 6) is 0. The van der Waals surface area contributed by atoms with Crippen LogP contribution in [0.1, 0.15) is 37.1 Å². The molecule has 2 rings (SSSR count). The minimum atomic E-state index is 0.436. The van der Waals surface area contributed by atoms with E-state index in [1.54, 1.807) is 0 Å². The van der Waals surface area contributed by atoms with Crippen LogP contribution >= 0.6 is 12.6 Å². The van der Waals surface area contributed by atoms with Crippen molar-refractivity contribution in [1.29, 1.82) is 0 Å². The molecule has 0 amide bonds. The second-order valence-electron chi connectivity index (χ2n) is 5.12. The molecule has 98 valence electrons. The Balaban J connectivity index is 2.15. The third-order valence-electron chi connectivity index (χ3n) is 3.58. The third kappa shape index (κ3) is 3.08. The summed E-state index contributed by atoms with van der Waals surface area (Å²) in [7, 11) is 0. The molecule has 1 aliphatic heterocycles. The molecule has 0 bridgehead atoms. The smallest absolute Gasteiger partial charge is 0.0471 e. The number of rotatable bonds is 4. The number of hydrogen-bond acceptors (Lipinski definition) is 3. The van der Waals surface area contributed by atoms with Crippen LogP contribution in [0, 0.1) is 0 Å². The molecule has 2 heterocycles. The lowest BCUT2D eigenvalue weighted by molar-refractivity contribution is 0.321. The zero-order valence-corrected chi connectivity index (χ0v) is 12.2. The summed E-state index contributed by atoms with van der Waals surface area (Å²) in [5, 5.41) is 0.436. The van der Waals surface area contributed by atoms with Crippen LogP contribution in [0.5, 0.6) is 0 Å². The van der Waals surface area contributed by atoms with Crippen LogP contribution < -0.4 is 0 Å². The van der Waals surface area contributed by atoms with Crippen molar-refractivity contribution in [1.82, 2.24) is 9.88 Å². The number of aromatic nitrogens is 1. The maximum absolute atomic E-state index is 4.61. The zero-order valence-electron chi connectivity index (χ0n) is 11.3. The van der Waals surface area contributed by atoms with Gasteiger partial charge in [0.1, 0.15) is 0 Å². The van der Waals surface area contributed by atoms with Gasteiger partial charge in [0.15, 0.2) is 0 Å². The monoisotopic (exact) mass is 262 g/mol. The van der Waals surface area contributed by atoms with E-state index in [4.69, 9.17) is 0 Å². The summed E-state index contributed by atoms with van der Waals surface area (Å²) in [6, 6.07) is 2.30. The number of thiol groups is 1. The largest absolute Gasteiger partial charge is 0.371 e. The van der Waals surface area contributed by atoms with E-state index in [1.807, 2.05) is 6.20 Å². The van der Waals surface area contributed by atoms with Crippen molar-refractivity contribution < 1.29 is 0 Å². The van der Waals surface area contributed by atoms with Crippen LogP contribution in [0.3, 0.4) is 0 Å². The fraction of sp³-hybridized carbons (Fsp3) is 0.533. The van der Waals surface area contributed by atoms with Gasteiger partial charge in [0.05, 0.1) is 0 Å². The molecule has 0 radical (unpaired) electrons. The summed E-state index contributed by atoms with van der Waals surface area (Å²) in [4.78, 5) is 6.94. The summed E-state index contributed by atoms with van der Waals surface area (Å²) in [5.41, 5.74) is 5.06. The highest BCUT2D eigenvalue weighted by atomic mass is 32.1. The fourth-order valence-electron chi connectivity index (χ4n) is 2.33. The highest BCUT2D eigenvalue weighted by Gasteiger charge is 2.17. The number of fused-ring (bicyclic) bond motifs is 1. The number of pyridine rings is 1. The quantitative estimate of drug-likeness (QED) is 0.839. The van der Waals surface area contributed by atoms with Crippen LogP contribution in [0.25, 0.3) is 0 Å². The van der Waals surface area contributed by atoms with Crippen LogP contribution in [0.4, 0.5) is 0 Å². The normalized spacial score (nSPS) is 16.3. The van der Waals surface area contributed by atoms with E-state index in [0.717, 1.165) is 38.0 Å². The number of nitrogens with zero attached hydrogens (tertiary/aromatic N) is 2. The van der Waals surface area contributed by atoms with Crippen molar-refractivity contribution in [3.05, 3.63) is 41.4 Å². The molecule has 0 fully saturated rings. The molecular weight excluding hydrogens is 240 g/mol. The Morgan fingerprint density at radius 2 is 2.39 bits per heavy atom. The maximum atomic E-state index is 4.61. The van der Waals surface area contributed by atoms with Gasteiger partial charge in [-0.15, -0.1) is 0 Å². The average Bonchev–Trinajstić information content (AvgIpc) is 2.37.